The topological polar surface area (TPSA) is 62.2 Å². The van der Waals surface area contributed by atoms with Gasteiger partial charge in [-0.2, -0.15) is 5.06 Å². The van der Waals surface area contributed by atoms with Crippen LogP contribution in [0.1, 0.15) is 29.5 Å². The number of aryl methyl sites for hydroxylation is 2. The number of carbonyl (C=O) groups excluding carboxylic acids is 1. The summed E-state index contributed by atoms with van der Waals surface area (Å²) in [6.45, 7) is 5.19. The third-order valence-electron chi connectivity index (χ3n) is 5.11. The van der Waals surface area contributed by atoms with E-state index in [-0.39, 0.29) is 11.7 Å². The fourth-order valence-corrected chi connectivity index (χ4v) is 3.80. The van der Waals surface area contributed by atoms with Crippen molar-refractivity contribution >= 4 is 11.5 Å². The Morgan fingerprint density at radius 1 is 1.12 bits per heavy atom. The van der Waals surface area contributed by atoms with Crippen molar-refractivity contribution < 1.29 is 19.6 Å². The first-order chi connectivity index (χ1) is 11.4. The van der Waals surface area contributed by atoms with Crippen LogP contribution in [0.15, 0.2) is 24.0 Å². The Bertz CT molecular complexity index is 690. The molecule has 3 rings (SSSR count). The molecule has 2 aliphatic rings. The van der Waals surface area contributed by atoms with Crippen molar-refractivity contribution in [3.63, 3.8) is 0 Å². The summed E-state index contributed by atoms with van der Waals surface area (Å²) in [6.07, 6.45) is 1.11. The second kappa shape index (κ2) is 6.20. The highest BCUT2D eigenvalue weighted by atomic mass is 16.7. The standard InChI is InChI=1S/C18H24N2O4/c1-12-5-6-14(13(2)11-12)15-16(21)18(20(24-4)17(15)22)7-9-19(23-3)10-8-18/h5-6,11,21H,7-10H2,1-4H3. The normalized spacial score (nSPS) is 21.2. The third-order valence-corrected chi connectivity index (χ3v) is 5.11. The van der Waals surface area contributed by atoms with E-state index in [1.165, 1.54) is 12.2 Å². The minimum absolute atomic E-state index is 0.108. The van der Waals surface area contributed by atoms with Crippen molar-refractivity contribution in [3.8, 4) is 0 Å². The first-order valence-corrected chi connectivity index (χ1v) is 8.13. The van der Waals surface area contributed by atoms with Gasteiger partial charge in [0, 0.05) is 13.1 Å². The largest absolute Gasteiger partial charge is 0.509 e. The van der Waals surface area contributed by atoms with Crippen LogP contribution in [0.4, 0.5) is 0 Å². The summed E-state index contributed by atoms with van der Waals surface area (Å²) >= 11 is 0. The van der Waals surface area contributed by atoms with Gasteiger partial charge in [-0.05, 0) is 37.8 Å². The Kier molecular flexibility index (Phi) is 4.38. The Labute approximate surface area is 142 Å². The molecule has 0 bridgehead atoms. The van der Waals surface area contributed by atoms with Gasteiger partial charge in [-0.25, -0.2) is 5.06 Å². The maximum Gasteiger partial charge on any atom is 0.282 e. The van der Waals surface area contributed by atoms with E-state index in [0.717, 1.165) is 16.7 Å². The second-order valence-electron chi connectivity index (χ2n) is 6.47. The predicted molar refractivity (Wildman–Crippen MR) is 89.9 cm³/mol. The minimum atomic E-state index is -0.812. The Hall–Kier alpha value is -1.89. The second-order valence-corrected chi connectivity index (χ2v) is 6.47. The maximum atomic E-state index is 12.9. The van der Waals surface area contributed by atoms with Crippen molar-refractivity contribution in [1.82, 2.24) is 10.1 Å². The van der Waals surface area contributed by atoms with Crippen LogP contribution >= 0.6 is 0 Å². The van der Waals surface area contributed by atoms with E-state index in [1.54, 1.807) is 7.11 Å². The zero-order valence-electron chi connectivity index (χ0n) is 14.6. The van der Waals surface area contributed by atoms with Gasteiger partial charge in [0.1, 0.15) is 11.3 Å². The summed E-state index contributed by atoms with van der Waals surface area (Å²) < 4.78 is 0. The first-order valence-electron chi connectivity index (χ1n) is 8.13. The van der Waals surface area contributed by atoms with E-state index >= 15 is 0 Å². The van der Waals surface area contributed by atoms with Crippen LogP contribution in [0.2, 0.25) is 0 Å². The van der Waals surface area contributed by atoms with Crippen LogP contribution in [-0.4, -0.2) is 54.0 Å². The van der Waals surface area contributed by atoms with E-state index < -0.39 is 5.54 Å². The average Bonchev–Trinajstić information content (AvgIpc) is 2.76. The summed E-state index contributed by atoms with van der Waals surface area (Å²) in [7, 11) is 3.10. The number of piperidine rings is 1. The van der Waals surface area contributed by atoms with Crippen molar-refractivity contribution in [2.24, 2.45) is 0 Å². The van der Waals surface area contributed by atoms with E-state index in [1.807, 2.05) is 37.1 Å². The van der Waals surface area contributed by atoms with E-state index in [0.29, 0.717) is 31.5 Å². The smallest absolute Gasteiger partial charge is 0.282 e. The number of aliphatic hydroxyl groups excluding tert-OH is 1. The number of amides is 1. The molecule has 0 atom stereocenters. The summed E-state index contributed by atoms with van der Waals surface area (Å²) in [6, 6.07) is 5.86. The summed E-state index contributed by atoms with van der Waals surface area (Å²) in [5, 5.41) is 14.2. The molecule has 1 amide bonds. The number of hydrogen-bond acceptors (Lipinski definition) is 5. The molecular formula is C18H24N2O4. The fourth-order valence-electron chi connectivity index (χ4n) is 3.80. The molecule has 1 N–H and O–H groups in total. The van der Waals surface area contributed by atoms with Gasteiger partial charge in [-0.3, -0.25) is 9.63 Å². The average molecular weight is 332 g/mol. The lowest BCUT2D eigenvalue weighted by Crippen LogP contribution is -2.54. The number of nitrogens with zero attached hydrogens (tertiary/aromatic N) is 2. The van der Waals surface area contributed by atoms with Gasteiger partial charge in [0.25, 0.3) is 5.91 Å². The summed E-state index contributed by atoms with van der Waals surface area (Å²) in [5.41, 5.74) is 2.38. The van der Waals surface area contributed by atoms with Gasteiger partial charge >= 0.3 is 0 Å². The molecule has 6 nitrogen and oxygen atoms in total. The number of hydrogen-bond donors (Lipinski definition) is 1. The Morgan fingerprint density at radius 3 is 2.33 bits per heavy atom. The number of benzene rings is 1. The molecule has 1 fully saturated rings. The van der Waals surface area contributed by atoms with Crippen molar-refractivity contribution in [3.05, 3.63) is 40.6 Å². The molecule has 1 spiro atoms. The zero-order chi connectivity index (χ0) is 17.5. The van der Waals surface area contributed by atoms with E-state index in [4.69, 9.17) is 9.68 Å². The van der Waals surface area contributed by atoms with E-state index in [2.05, 4.69) is 0 Å². The maximum absolute atomic E-state index is 12.9. The van der Waals surface area contributed by atoms with Crippen molar-refractivity contribution in [2.45, 2.75) is 32.2 Å². The van der Waals surface area contributed by atoms with Gasteiger partial charge in [0.2, 0.25) is 0 Å². The third kappa shape index (κ3) is 2.42. The molecule has 1 saturated heterocycles. The summed E-state index contributed by atoms with van der Waals surface area (Å²) in [5.74, 6) is -0.176. The highest BCUT2D eigenvalue weighted by Crippen LogP contribution is 2.45. The molecule has 24 heavy (non-hydrogen) atoms. The molecular weight excluding hydrogens is 308 g/mol. The van der Waals surface area contributed by atoms with E-state index in [9.17, 15) is 9.90 Å². The molecule has 1 aromatic carbocycles. The zero-order valence-corrected chi connectivity index (χ0v) is 14.6. The van der Waals surface area contributed by atoms with Crippen LogP contribution in [-0.2, 0) is 14.5 Å². The van der Waals surface area contributed by atoms with Crippen LogP contribution in [0, 0.1) is 13.8 Å². The monoisotopic (exact) mass is 332 g/mol. The predicted octanol–water partition coefficient (Wildman–Crippen LogP) is 2.37. The Morgan fingerprint density at radius 2 is 1.79 bits per heavy atom. The molecule has 130 valence electrons. The molecule has 6 heteroatoms. The number of hydroxylamine groups is 4. The lowest BCUT2D eigenvalue weighted by molar-refractivity contribution is -0.221. The van der Waals surface area contributed by atoms with Crippen LogP contribution in [0.3, 0.4) is 0 Å². The molecule has 2 aliphatic heterocycles. The Balaban J connectivity index is 2.07. The molecule has 0 radical (unpaired) electrons. The quantitative estimate of drug-likeness (QED) is 0.921. The van der Waals surface area contributed by atoms with Crippen molar-refractivity contribution in [1.29, 1.82) is 0 Å². The van der Waals surface area contributed by atoms with Crippen molar-refractivity contribution in [2.75, 3.05) is 27.3 Å². The molecule has 2 heterocycles. The number of aliphatic hydroxyl groups is 1. The van der Waals surface area contributed by atoms with Crippen LogP contribution in [0.25, 0.3) is 5.57 Å². The highest BCUT2D eigenvalue weighted by Gasteiger charge is 2.54. The molecule has 0 unspecified atom stereocenters. The SMILES string of the molecule is CON1CCC2(CC1)C(O)=C(c1ccc(C)cc1C)C(=O)N2OC. The van der Waals surface area contributed by atoms with Gasteiger partial charge in [0.15, 0.2) is 0 Å². The first kappa shape index (κ1) is 17.0. The van der Waals surface area contributed by atoms with Gasteiger partial charge < -0.3 is 9.94 Å². The van der Waals surface area contributed by atoms with Gasteiger partial charge in [0.05, 0.1) is 19.8 Å². The highest BCUT2D eigenvalue weighted by molar-refractivity contribution is 6.23. The minimum Gasteiger partial charge on any atom is -0.509 e. The number of carbonyl (C=O) groups is 1. The molecule has 0 saturated carbocycles. The van der Waals surface area contributed by atoms with Crippen LogP contribution < -0.4 is 0 Å². The van der Waals surface area contributed by atoms with Gasteiger partial charge in [-0.1, -0.05) is 23.8 Å². The summed E-state index contributed by atoms with van der Waals surface area (Å²) in [4.78, 5) is 23.6. The molecule has 0 aliphatic carbocycles. The number of rotatable bonds is 3. The molecule has 0 aromatic heterocycles. The lowest BCUT2D eigenvalue weighted by Gasteiger charge is -2.42. The van der Waals surface area contributed by atoms with Crippen LogP contribution in [0.5, 0.6) is 0 Å². The molecule has 1 aromatic rings. The lowest BCUT2D eigenvalue weighted by atomic mass is 9.85. The fraction of sp³-hybridized carbons (Fsp3) is 0.500. The van der Waals surface area contributed by atoms with Gasteiger partial charge in [-0.15, -0.1) is 0 Å².